The molecule has 0 radical (unpaired) electrons. The fourth-order valence-electron chi connectivity index (χ4n) is 4.27. The lowest BCUT2D eigenvalue weighted by atomic mass is 9.97. The van der Waals surface area contributed by atoms with Gasteiger partial charge >= 0.3 is 0 Å². The molecule has 4 aromatic carbocycles. The Morgan fingerprint density at radius 3 is 1.63 bits per heavy atom. The number of hydrogen-bond donors (Lipinski definition) is 0. The number of rotatable bonds is 4. The number of furan rings is 1. The predicted octanol–water partition coefficient (Wildman–Crippen LogP) is 6.11. The van der Waals surface area contributed by atoms with E-state index in [4.69, 9.17) is 19.4 Å². The molecule has 0 aliphatic heterocycles. The van der Waals surface area contributed by atoms with Crippen LogP contribution in [0.4, 0.5) is 0 Å². The van der Waals surface area contributed by atoms with Crippen LogP contribution < -0.4 is 10.6 Å². The van der Waals surface area contributed by atoms with Crippen LogP contribution in [0.25, 0.3) is 69.4 Å². The molecule has 0 fully saturated rings. The van der Waals surface area contributed by atoms with Gasteiger partial charge in [0.15, 0.2) is 17.5 Å². The second kappa shape index (κ2) is 8.50. The van der Waals surface area contributed by atoms with Gasteiger partial charge in [0, 0.05) is 32.9 Å². The van der Waals surface area contributed by atoms with Crippen molar-refractivity contribution in [3.63, 3.8) is 0 Å². The summed E-state index contributed by atoms with van der Waals surface area (Å²) in [5.74, 6) is 1.85. The maximum absolute atomic E-state index is 6.03. The Morgan fingerprint density at radius 2 is 1.00 bits per heavy atom. The Morgan fingerprint density at radius 1 is 0.486 bits per heavy atom. The number of aromatic nitrogens is 3. The van der Waals surface area contributed by atoms with Crippen LogP contribution in [0.3, 0.4) is 0 Å². The van der Waals surface area contributed by atoms with E-state index in [1.54, 1.807) is 0 Å². The van der Waals surface area contributed by atoms with Gasteiger partial charge in [0.1, 0.15) is 11.0 Å². The van der Waals surface area contributed by atoms with Gasteiger partial charge < -0.3 is 4.42 Å². The SMILES string of the molecule is C=c1oc2c(-c3ccccc3-c3nc(-c4ccccc4)nc(-c4ccccc4)n3)cccc2c1=C. The normalized spacial score (nSPS) is 11.1. The van der Waals surface area contributed by atoms with E-state index in [2.05, 4.69) is 19.2 Å². The third-order valence-corrected chi connectivity index (χ3v) is 6.06. The molecule has 6 rings (SSSR count). The summed E-state index contributed by atoms with van der Waals surface area (Å²) in [7, 11) is 0. The monoisotopic (exact) mass is 451 g/mol. The molecule has 0 bridgehead atoms. The van der Waals surface area contributed by atoms with Crippen molar-refractivity contribution in [2.45, 2.75) is 0 Å². The number of para-hydroxylation sites is 1. The number of nitrogens with zero attached hydrogens (tertiary/aromatic N) is 3. The average molecular weight is 452 g/mol. The summed E-state index contributed by atoms with van der Waals surface area (Å²) in [4.78, 5) is 14.6. The highest BCUT2D eigenvalue weighted by atomic mass is 16.3. The summed E-state index contributed by atoms with van der Waals surface area (Å²) in [5, 5.41) is 1.75. The standard InChI is InChI=1S/C31H21N3O/c1-20-21(2)35-28-24(20)18-11-19-26(28)25-16-9-10-17-27(25)31-33-29(22-12-5-3-6-13-22)32-30(34-31)23-14-7-4-8-15-23/h3-19H,1-2H2. The molecule has 0 saturated heterocycles. The second-order valence-corrected chi connectivity index (χ2v) is 8.27. The maximum Gasteiger partial charge on any atom is 0.164 e. The molecule has 0 N–H and O–H groups in total. The second-order valence-electron chi connectivity index (χ2n) is 8.27. The molecule has 6 aromatic rings. The topological polar surface area (TPSA) is 51.8 Å². The van der Waals surface area contributed by atoms with Gasteiger partial charge in [0.25, 0.3) is 0 Å². The quantitative estimate of drug-likeness (QED) is 0.325. The van der Waals surface area contributed by atoms with Crippen molar-refractivity contribution in [3.05, 3.63) is 114 Å². The van der Waals surface area contributed by atoms with Gasteiger partial charge in [-0.15, -0.1) is 0 Å². The van der Waals surface area contributed by atoms with E-state index in [9.17, 15) is 0 Å². The zero-order valence-electron chi connectivity index (χ0n) is 19.0. The molecule has 4 nitrogen and oxygen atoms in total. The fourth-order valence-corrected chi connectivity index (χ4v) is 4.27. The van der Waals surface area contributed by atoms with Crippen molar-refractivity contribution in [2.75, 3.05) is 0 Å². The molecule has 0 aliphatic rings. The Bertz CT molecular complexity index is 1720. The lowest BCUT2D eigenvalue weighted by molar-refractivity contribution is 0.578. The zero-order valence-corrected chi connectivity index (χ0v) is 19.0. The molecule has 0 saturated carbocycles. The highest BCUT2D eigenvalue weighted by molar-refractivity contribution is 5.97. The van der Waals surface area contributed by atoms with Gasteiger partial charge in [-0.05, 0) is 5.56 Å². The Labute approximate surface area is 202 Å². The van der Waals surface area contributed by atoms with Crippen LogP contribution in [0.15, 0.2) is 108 Å². The zero-order chi connectivity index (χ0) is 23.8. The van der Waals surface area contributed by atoms with Crippen LogP contribution >= 0.6 is 0 Å². The molecular formula is C31H21N3O. The van der Waals surface area contributed by atoms with E-state index >= 15 is 0 Å². The molecule has 0 atom stereocenters. The van der Waals surface area contributed by atoms with Gasteiger partial charge in [0.2, 0.25) is 0 Å². The minimum absolute atomic E-state index is 0.572. The van der Waals surface area contributed by atoms with Crippen LogP contribution in [0.1, 0.15) is 0 Å². The fraction of sp³-hybridized carbons (Fsp3) is 0. The Kier molecular flexibility index (Phi) is 5.04. The lowest BCUT2D eigenvalue weighted by Gasteiger charge is -2.12. The van der Waals surface area contributed by atoms with Crippen LogP contribution in [-0.4, -0.2) is 15.0 Å². The summed E-state index contributed by atoms with van der Waals surface area (Å²) < 4.78 is 6.03. The van der Waals surface area contributed by atoms with E-state index in [1.165, 1.54) is 0 Å². The maximum atomic E-state index is 6.03. The predicted molar refractivity (Wildman–Crippen MR) is 142 cm³/mol. The highest BCUT2D eigenvalue weighted by Gasteiger charge is 2.17. The molecule has 0 amide bonds. The Balaban J connectivity index is 1.62. The van der Waals surface area contributed by atoms with Gasteiger partial charge in [-0.25, -0.2) is 15.0 Å². The smallest absolute Gasteiger partial charge is 0.164 e. The van der Waals surface area contributed by atoms with Gasteiger partial charge in [-0.3, -0.25) is 0 Å². The van der Waals surface area contributed by atoms with Crippen molar-refractivity contribution >= 4 is 24.1 Å². The van der Waals surface area contributed by atoms with E-state index in [0.717, 1.165) is 44.0 Å². The molecule has 0 spiro atoms. The summed E-state index contributed by atoms with van der Waals surface area (Å²) in [6.07, 6.45) is 0. The summed E-state index contributed by atoms with van der Waals surface area (Å²) in [5.41, 5.74) is 6.00. The van der Waals surface area contributed by atoms with Gasteiger partial charge in [0.05, 0.1) is 0 Å². The summed E-state index contributed by atoms with van der Waals surface area (Å²) in [6.45, 7) is 8.13. The van der Waals surface area contributed by atoms with E-state index in [1.807, 2.05) is 97.1 Å². The molecule has 2 heterocycles. The van der Waals surface area contributed by atoms with Crippen LogP contribution in [0.5, 0.6) is 0 Å². The molecule has 2 aromatic heterocycles. The molecular weight excluding hydrogens is 430 g/mol. The largest absolute Gasteiger partial charge is 0.456 e. The van der Waals surface area contributed by atoms with Crippen LogP contribution in [0.2, 0.25) is 0 Å². The first kappa shape index (κ1) is 20.8. The van der Waals surface area contributed by atoms with Crippen LogP contribution in [-0.2, 0) is 0 Å². The molecule has 4 heteroatoms. The minimum Gasteiger partial charge on any atom is -0.456 e. The van der Waals surface area contributed by atoms with E-state index < -0.39 is 0 Å². The first-order valence-corrected chi connectivity index (χ1v) is 11.3. The van der Waals surface area contributed by atoms with Crippen molar-refractivity contribution in [1.82, 2.24) is 15.0 Å². The molecule has 166 valence electrons. The lowest BCUT2D eigenvalue weighted by Crippen LogP contribution is -2.15. The molecule has 35 heavy (non-hydrogen) atoms. The van der Waals surface area contributed by atoms with Crippen molar-refractivity contribution in [3.8, 4) is 45.3 Å². The van der Waals surface area contributed by atoms with Gasteiger partial charge in [-0.2, -0.15) is 0 Å². The number of hydrogen-bond acceptors (Lipinski definition) is 4. The van der Waals surface area contributed by atoms with E-state index in [0.29, 0.717) is 22.9 Å². The minimum atomic E-state index is 0.572. The van der Waals surface area contributed by atoms with Crippen molar-refractivity contribution in [2.24, 2.45) is 0 Å². The third-order valence-electron chi connectivity index (χ3n) is 6.06. The average Bonchev–Trinajstić information content (AvgIpc) is 3.22. The Hall–Kier alpha value is -4.83. The highest BCUT2D eigenvalue weighted by Crippen LogP contribution is 2.35. The third kappa shape index (κ3) is 3.71. The molecule has 0 unspecified atom stereocenters. The summed E-state index contributed by atoms with van der Waals surface area (Å²) >= 11 is 0. The first-order chi connectivity index (χ1) is 17.2. The van der Waals surface area contributed by atoms with Crippen molar-refractivity contribution in [1.29, 1.82) is 0 Å². The molecule has 0 aliphatic carbocycles. The van der Waals surface area contributed by atoms with Gasteiger partial charge in [-0.1, -0.05) is 116 Å². The summed E-state index contributed by atoms with van der Waals surface area (Å²) in [6, 6.07) is 34.1. The first-order valence-electron chi connectivity index (χ1n) is 11.3. The van der Waals surface area contributed by atoms with Crippen molar-refractivity contribution < 1.29 is 4.42 Å². The number of fused-ring (bicyclic) bond motifs is 1. The van der Waals surface area contributed by atoms with E-state index in [-0.39, 0.29) is 0 Å². The number of benzene rings is 4. The van der Waals surface area contributed by atoms with Crippen LogP contribution in [0, 0.1) is 0 Å².